The van der Waals surface area contributed by atoms with Crippen molar-refractivity contribution >= 4 is 5.97 Å². The van der Waals surface area contributed by atoms with Crippen molar-refractivity contribution < 1.29 is 9.53 Å². The summed E-state index contributed by atoms with van der Waals surface area (Å²) in [5.74, 6) is 0.0260. The zero-order valence-corrected chi connectivity index (χ0v) is 10.8. The van der Waals surface area contributed by atoms with Crippen LogP contribution in [0.2, 0.25) is 0 Å². The van der Waals surface area contributed by atoms with E-state index in [2.05, 4.69) is 32.9 Å². The highest BCUT2D eigenvalue weighted by molar-refractivity contribution is 5.75. The maximum Gasteiger partial charge on any atom is 0.309 e. The molecule has 92 valence electrons. The lowest BCUT2D eigenvalue weighted by atomic mass is 9.80. The van der Waals surface area contributed by atoms with Gasteiger partial charge in [-0.2, -0.15) is 0 Å². The number of hydrogen-bond donors (Lipinski definition) is 0. The van der Waals surface area contributed by atoms with Gasteiger partial charge in [-0.05, 0) is 19.3 Å². The molecule has 1 aliphatic heterocycles. The third kappa shape index (κ3) is 3.66. The molecule has 0 aromatic carbocycles. The van der Waals surface area contributed by atoms with Crippen molar-refractivity contribution in [1.29, 1.82) is 0 Å². The Balaban J connectivity index is 2.28. The van der Waals surface area contributed by atoms with E-state index in [0.717, 1.165) is 12.8 Å². The summed E-state index contributed by atoms with van der Waals surface area (Å²) < 4.78 is 5.10. The Hall–Kier alpha value is -0.790. The van der Waals surface area contributed by atoms with E-state index >= 15 is 0 Å². The van der Waals surface area contributed by atoms with Crippen LogP contribution >= 0.6 is 0 Å². The molecule has 2 nitrogen and oxygen atoms in total. The van der Waals surface area contributed by atoms with E-state index in [0.29, 0.717) is 6.61 Å². The molecule has 1 heterocycles. The minimum Gasteiger partial charge on any atom is -0.465 e. The molecule has 1 atom stereocenters. The summed E-state index contributed by atoms with van der Waals surface area (Å²) in [4.78, 5) is 11.5. The van der Waals surface area contributed by atoms with Gasteiger partial charge in [-0.15, -0.1) is 0 Å². The van der Waals surface area contributed by atoms with Crippen LogP contribution in [0, 0.1) is 11.3 Å². The molecule has 0 aromatic rings. The number of rotatable bonds is 6. The first kappa shape index (κ1) is 13.3. The van der Waals surface area contributed by atoms with E-state index in [1.165, 1.54) is 19.3 Å². The molecule has 0 aliphatic carbocycles. The summed E-state index contributed by atoms with van der Waals surface area (Å²) in [6.45, 7) is 6.99. The fourth-order valence-electron chi connectivity index (χ4n) is 2.05. The molecule has 0 N–H and O–H groups in total. The van der Waals surface area contributed by atoms with Gasteiger partial charge in [0.1, 0.15) is 0 Å². The van der Waals surface area contributed by atoms with Crippen LogP contribution in [-0.2, 0) is 9.53 Å². The van der Waals surface area contributed by atoms with Crippen molar-refractivity contribution in [3.8, 4) is 0 Å². The molecule has 1 unspecified atom stereocenters. The molecule has 1 fully saturated rings. The Bertz CT molecular complexity index is 253. The van der Waals surface area contributed by atoms with E-state index in [-0.39, 0.29) is 17.3 Å². The topological polar surface area (TPSA) is 26.3 Å². The Morgan fingerprint density at radius 1 is 1.38 bits per heavy atom. The third-order valence-corrected chi connectivity index (χ3v) is 3.33. The van der Waals surface area contributed by atoms with E-state index in [1.54, 1.807) is 0 Å². The van der Waals surface area contributed by atoms with Crippen LogP contribution in [-0.4, -0.2) is 12.6 Å². The zero-order chi connectivity index (χ0) is 12.0. The van der Waals surface area contributed by atoms with Crippen molar-refractivity contribution in [3.63, 3.8) is 0 Å². The second kappa shape index (κ2) is 6.07. The molecule has 1 saturated heterocycles. The number of cyclic esters (lactones) is 1. The number of unbranched alkanes of at least 4 members (excludes halogenated alkanes) is 3. The quantitative estimate of drug-likeness (QED) is 0.390. The van der Waals surface area contributed by atoms with Crippen LogP contribution in [0.15, 0.2) is 12.2 Å². The highest BCUT2D eigenvalue weighted by Gasteiger charge is 2.42. The van der Waals surface area contributed by atoms with Crippen molar-refractivity contribution in [2.75, 3.05) is 6.61 Å². The fraction of sp³-hybridized carbons (Fsp3) is 0.786. The summed E-state index contributed by atoms with van der Waals surface area (Å²) in [7, 11) is 0. The number of esters is 1. The van der Waals surface area contributed by atoms with Crippen LogP contribution in [0.3, 0.4) is 0 Å². The van der Waals surface area contributed by atoms with Gasteiger partial charge >= 0.3 is 5.97 Å². The maximum atomic E-state index is 11.5. The van der Waals surface area contributed by atoms with Crippen LogP contribution in [0.25, 0.3) is 0 Å². The molecule has 1 aliphatic rings. The number of allylic oxidation sites excluding steroid dienone is 2. The molecular weight excluding hydrogens is 200 g/mol. The second-order valence-electron chi connectivity index (χ2n) is 5.35. The first-order valence-electron chi connectivity index (χ1n) is 6.39. The Labute approximate surface area is 99.1 Å². The minimum absolute atomic E-state index is 0.00480. The molecule has 0 bridgehead atoms. The predicted molar refractivity (Wildman–Crippen MR) is 66.1 cm³/mol. The zero-order valence-electron chi connectivity index (χ0n) is 10.8. The molecule has 0 aromatic heterocycles. The molecule has 0 radical (unpaired) electrons. The van der Waals surface area contributed by atoms with E-state index in [1.807, 2.05) is 0 Å². The van der Waals surface area contributed by atoms with Crippen molar-refractivity contribution in [2.24, 2.45) is 11.3 Å². The molecule has 0 spiro atoms. The van der Waals surface area contributed by atoms with Gasteiger partial charge in [-0.1, -0.05) is 45.8 Å². The minimum atomic E-state index is -0.0248. The lowest BCUT2D eigenvalue weighted by Crippen LogP contribution is -2.23. The van der Waals surface area contributed by atoms with Gasteiger partial charge in [-0.3, -0.25) is 4.79 Å². The van der Waals surface area contributed by atoms with Gasteiger partial charge in [0.15, 0.2) is 0 Å². The Morgan fingerprint density at radius 3 is 2.69 bits per heavy atom. The standard InChI is InChI=1S/C14H24O2/c1-4-5-6-7-8-9-10-12-13(15)16-11-14(12,2)3/h8-9,12H,4-7,10-11H2,1-3H3/b9-8+. The molecular formula is C14H24O2. The lowest BCUT2D eigenvalue weighted by molar-refractivity contribution is -0.141. The highest BCUT2D eigenvalue weighted by atomic mass is 16.5. The molecule has 2 heteroatoms. The maximum absolute atomic E-state index is 11.5. The monoisotopic (exact) mass is 224 g/mol. The average molecular weight is 224 g/mol. The first-order chi connectivity index (χ1) is 7.58. The SMILES string of the molecule is CCCCC/C=C/CC1C(=O)OCC1(C)C. The normalized spacial score (nSPS) is 23.9. The van der Waals surface area contributed by atoms with Crippen LogP contribution in [0.4, 0.5) is 0 Å². The Morgan fingerprint density at radius 2 is 2.12 bits per heavy atom. The van der Waals surface area contributed by atoms with Crippen LogP contribution in [0.1, 0.15) is 52.9 Å². The number of hydrogen-bond acceptors (Lipinski definition) is 2. The molecule has 0 amide bonds. The van der Waals surface area contributed by atoms with Crippen LogP contribution in [0.5, 0.6) is 0 Å². The van der Waals surface area contributed by atoms with Crippen molar-refractivity contribution in [1.82, 2.24) is 0 Å². The van der Waals surface area contributed by atoms with E-state index in [9.17, 15) is 4.79 Å². The predicted octanol–water partition coefficient (Wildman–Crippen LogP) is 3.71. The van der Waals surface area contributed by atoms with Gasteiger partial charge < -0.3 is 4.74 Å². The van der Waals surface area contributed by atoms with Crippen LogP contribution < -0.4 is 0 Å². The summed E-state index contributed by atoms with van der Waals surface area (Å²) in [5, 5.41) is 0. The van der Waals surface area contributed by atoms with Gasteiger partial charge in [0, 0.05) is 5.41 Å². The third-order valence-electron chi connectivity index (χ3n) is 3.33. The fourth-order valence-corrected chi connectivity index (χ4v) is 2.05. The van der Waals surface area contributed by atoms with Gasteiger partial charge in [-0.25, -0.2) is 0 Å². The molecule has 0 saturated carbocycles. The second-order valence-corrected chi connectivity index (χ2v) is 5.35. The highest BCUT2D eigenvalue weighted by Crippen LogP contribution is 2.36. The summed E-state index contributed by atoms with van der Waals surface area (Å²) in [6, 6.07) is 0. The number of ether oxygens (including phenoxy) is 1. The van der Waals surface area contributed by atoms with Gasteiger partial charge in [0.05, 0.1) is 12.5 Å². The smallest absolute Gasteiger partial charge is 0.309 e. The van der Waals surface area contributed by atoms with Crippen molar-refractivity contribution in [2.45, 2.75) is 52.9 Å². The molecule has 16 heavy (non-hydrogen) atoms. The first-order valence-corrected chi connectivity index (χ1v) is 6.39. The van der Waals surface area contributed by atoms with E-state index in [4.69, 9.17) is 4.74 Å². The van der Waals surface area contributed by atoms with Crippen molar-refractivity contribution in [3.05, 3.63) is 12.2 Å². The van der Waals surface area contributed by atoms with Gasteiger partial charge in [0.2, 0.25) is 0 Å². The van der Waals surface area contributed by atoms with E-state index < -0.39 is 0 Å². The number of carbonyl (C=O) groups is 1. The van der Waals surface area contributed by atoms with Gasteiger partial charge in [0.25, 0.3) is 0 Å². The summed E-state index contributed by atoms with van der Waals surface area (Å²) >= 11 is 0. The summed E-state index contributed by atoms with van der Waals surface area (Å²) in [5.41, 5.74) is 0.00480. The number of carbonyl (C=O) groups excluding carboxylic acids is 1. The summed E-state index contributed by atoms with van der Waals surface area (Å²) in [6.07, 6.45) is 10.1. The average Bonchev–Trinajstić information content (AvgIpc) is 2.49. The molecule has 1 rings (SSSR count). The largest absolute Gasteiger partial charge is 0.465 e. The Kier molecular flexibility index (Phi) is 5.04. The lowest BCUT2D eigenvalue weighted by Gasteiger charge is -2.20.